The Morgan fingerprint density at radius 2 is 1.64 bits per heavy atom. The van der Waals surface area contributed by atoms with E-state index in [1.54, 1.807) is 24.5 Å². The van der Waals surface area contributed by atoms with E-state index in [4.69, 9.17) is 9.47 Å². The van der Waals surface area contributed by atoms with E-state index >= 15 is 0 Å². The number of pyridine rings is 2. The third-order valence-electron chi connectivity index (χ3n) is 7.26. The first-order valence-electron chi connectivity index (χ1n) is 13.3. The van der Waals surface area contributed by atoms with Gasteiger partial charge in [0.2, 0.25) is 5.88 Å². The van der Waals surface area contributed by atoms with E-state index in [0.717, 1.165) is 50.4 Å². The van der Waals surface area contributed by atoms with Crippen molar-refractivity contribution in [1.29, 1.82) is 0 Å². The fourth-order valence-corrected chi connectivity index (χ4v) is 6.12. The van der Waals surface area contributed by atoms with E-state index in [0.29, 0.717) is 37.7 Å². The number of ether oxygens (including phenoxy) is 2. The van der Waals surface area contributed by atoms with Gasteiger partial charge in [-0.05, 0) is 29.8 Å². The van der Waals surface area contributed by atoms with Crippen LogP contribution in [0.5, 0.6) is 5.88 Å². The van der Waals surface area contributed by atoms with Gasteiger partial charge < -0.3 is 19.3 Å². The molecule has 1 aromatic carbocycles. The van der Waals surface area contributed by atoms with Gasteiger partial charge in [0.25, 0.3) is 10.0 Å². The molecule has 2 aliphatic heterocycles. The largest absolute Gasteiger partial charge is 0.480 e. The Kier molecular flexibility index (Phi) is 8.61. The fraction of sp³-hybridized carbons (Fsp3) is 0.429. The van der Waals surface area contributed by atoms with E-state index in [1.165, 1.54) is 18.9 Å². The fourth-order valence-electron chi connectivity index (χ4n) is 4.95. The molecule has 3 aromatic rings. The highest BCUT2D eigenvalue weighted by molar-refractivity contribution is 7.92. The summed E-state index contributed by atoms with van der Waals surface area (Å²) in [4.78, 5) is 15.5. The molecule has 2 saturated heterocycles. The number of hydrogen-bond donors (Lipinski definition) is 1. The minimum atomic E-state index is -3.99. The molecule has 2 fully saturated rings. The Labute approximate surface area is 230 Å². The standard InChI is InChI=1S/C28H36N6O4S/c1-3-32-8-10-33(11-9-32)21-22-4-6-23(7-5-22)24-16-25(19-29-18-24)31-39(35,36)27-17-26(20-30-28(27)37-2)34-12-14-38-15-13-34/h4-7,16-20,31H,3,8-15,21H2,1-2H3. The zero-order valence-corrected chi connectivity index (χ0v) is 23.4. The molecule has 2 aliphatic rings. The van der Waals surface area contributed by atoms with Gasteiger partial charge in [0.05, 0.1) is 44.1 Å². The molecular weight excluding hydrogens is 516 g/mol. The van der Waals surface area contributed by atoms with Crippen molar-refractivity contribution in [3.8, 4) is 17.0 Å². The highest BCUT2D eigenvalue weighted by Gasteiger charge is 2.24. The second-order valence-corrected chi connectivity index (χ2v) is 11.4. The molecule has 0 unspecified atom stereocenters. The van der Waals surface area contributed by atoms with Crippen molar-refractivity contribution < 1.29 is 17.9 Å². The van der Waals surface area contributed by atoms with Crippen molar-refractivity contribution in [3.05, 3.63) is 60.6 Å². The van der Waals surface area contributed by atoms with Gasteiger partial charge in [0, 0.05) is 57.6 Å². The average Bonchev–Trinajstić information content (AvgIpc) is 2.98. The van der Waals surface area contributed by atoms with Gasteiger partial charge in [0.1, 0.15) is 0 Å². The van der Waals surface area contributed by atoms with Gasteiger partial charge in [-0.15, -0.1) is 0 Å². The summed E-state index contributed by atoms with van der Waals surface area (Å²) < 4.78 is 40.2. The maximum atomic E-state index is 13.4. The van der Waals surface area contributed by atoms with Gasteiger partial charge in [-0.1, -0.05) is 31.2 Å². The summed E-state index contributed by atoms with van der Waals surface area (Å²) in [6, 6.07) is 11.8. The number of rotatable bonds is 9. The van der Waals surface area contributed by atoms with Crippen LogP contribution in [0.2, 0.25) is 0 Å². The number of nitrogens with zero attached hydrogens (tertiary/aromatic N) is 5. The van der Waals surface area contributed by atoms with E-state index in [-0.39, 0.29) is 10.8 Å². The average molecular weight is 553 g/mol. The van der Waals surface area contributed by atoms with Crippen LogP contribution in [0.4, 0.5) is 11.4 Å². The van der Waals surface area contributed by atoms with Gasteiger partial charge in [-0.3, -0.25) is 14.6 Å². The minimum absolute atomic E-state index is 0.0245. The molecule has 0 amide bonds. The lowest BCUT2D eigenvalue weighted by Crippen LogP contribution is -2.45. The molecule has 0 saturated carbocycles. The molecule has 0 atom stereocenters. The molecule has 0 radical (unpaired) electrons. The van der Waals surface area contributed by atoms with Crippen LogP contribution in [-0.4, -0.2) is 94.3 Å². The summed E-state index contributed by atoms with van der Waals surface area (Å²) >= 11 is 0. The maximum Gasteiger partial charge on any atom is 0.267 e. The molecule has 4 heterocycles. The van der Waals surface area contributed by atoms with Crippen LogP contribution in [0, 0.1) is 0 Å². The molecule has 0 bridgehead atoms. The highest BCUT2D eigenvalue weighted by atomic mass is 32.2. The van der Waals surface area contributed by atoms with Gasteiger partial charge in [-0.2, -0.15) is 0 Å². The Morgan fingerprint density at radius 1 is 0.923 bits per heavy atom. The predicted molar refractivity (Wildman–Crippen MR) is 152 cm³/mol. The Hall–Kier alpha value is -3.25. The Bertz CT molecular complexity index is 1350. The van der Waals surface area contributed by atoms with E-state index in [2.05, 4.69) is 55.7 Å². The third-order valence-corrected chi connectivity index (χ3v) is 8.63. The summed E-state index contributed by atoms with van der Waals surface area (Å²) in [7, 11) is -2.58. The monoisotopic (exact) mass is 552 g/mol. The first-order chi connectivity index (χ1) is 18.9. The van der Waals surface area contributed by atoms with Crippen LogP contribution in [-0.2, 0) is 21.3 Å². The van der Waals surface area contributed by atoms with E-state index in [1.807, 2.05) is 4.90 Å². The summed E-state index contributed by atoms with van der Waals surface area (Å²) in [5, 5.41) is 0. The van der Waals surface area contributed by atoms with Crippen LogP contribution in [0.1, 0.15) is 12.5 Å². The quantitative estimate of drug-likeness (QED) is 0.430. The SMILES string of the molecule is CCN1CCN(Cc2ccc(-c3cncc(NS(=O)(=O)c4cc(N5CCOCC5)cnc4OC)c3)cc2)CC1. The summed E-state index contributed by atoms with van der Waals surface area (Å²) in [6.07, 6.45) is 4.86. The van der Waals surface area contributed by atoms with Crippen molar-refractivity contribution in [2.24, 2.45) is 0 Å². The topological polar surface area (TPSA) is 100 Å². The second kappa shape index (κ2) is 12.3. The number of benzene rings is 1. The number of piperazine rings is 1. The first-order valence-corrected chi connectivity index (χ1v) is 14.8. The molecule has 0 aliphatic carbocycles. The normalized spacial score (nSPS) is 17.2. The van der Waals surface area contributed by atoms with Crippen molar-refractivity contribution in [1.82, 2.24) is 19.8 Å². The van der Waals surface area contributed by atoms with Crippen LogP contribution in [0.25, 0.3) is 11.1 Å². The van der Waals surface area contributed by atoms with Crippen LogP contribution in [0.15, 0.2) is 59.9 Å². The minimum Gasteiger partial charge on any atom is -0.480 e. The molecule has 0 spiro atoms. The number of nitrogens with one attached hydrogen (secondary N) is 1. The first kappa shape index (κ1) is 27.3. The second-order valence-electron chi connectivity index (χ2n) is 9.78. The smallest absolute Gasteiger partial charge is 0.267 e. The van der Waals surface area contributed by atoms with Gasteiger partial charge in [-0.25, -0.2) is 13.4 Å². The molecule has 1 N–H and O–H groups in total. The summed E-state index contributed by atoms with van der Waals surface area (Å²) in [6.45, 7) is 11.1. The number of likely N-dealkylation sites (N-methyl/N-ethyl adjacent to an activating group) is 1. The lowest BCUT2D eigenvalue weighted by atomic mass is 10.0. The van der Waals surface area contributed by atoms with Gasteiger partial charge in [0.15, 0.2) is 4.90 Å². The number of morpholine rings is 1. The molecule has 2 aromatic heterocycles. The molecule has 5 rings (SSSR count). The molecule has 10 nitrogen and oxygen atoms in total. The molecule has 208 valence electrons. The number of sulfonamides is 1. The van der Waals surface area contributed by atoms with Gasteiger partial charge >= 0.3 is 0 Å². The maximum absolute atomic E-state index is 13.4. The summed E-state index contributed by atoms with van der Waals surface area (Å²) in [5.74, 6) is 0.0373. The van der Waals surface area contributed by atoms with Crippen molar-refractivity contribution in [2.45, 2.75) is 18.4 Å². The number of anilines is 2. The summed E-state index contributed by atoms with van der Waals surface area (Å²) in [5.41, 5.74) is 4.12. The van der Waals surface area contributed by atoms with Crippen molar-refractivity contribution >= 4 is 21.4 Å². The highest BCUT2D eigenvalue weighted by Crippen LogP contribution is 2.29. The third kappa shape index (κ3) is 6.67. The van der Waals surface area contributed by atoms with Crippen LogP contribution < -0.4 is 14.4 Å². The molecule has 39 heavy (non-hydrogen) atoms. The zero-order valence-electron chi connectivity index (χ0n) is 22.5. The lowest BCUT2D eigenvalue weighted by Gasteiger charge is -2.34. The van der Waals surface area contributed by atoms with Crippen LogP contribution in [0.3, 0.4) is 0 Å². The van der Waals surface area contributed by atoms with E-state index < -0.39 is 10.0 Å². The number of methoxy groups -OCH3 is 1. The Morgan fingerprint density at radius 3 is 2.33 bits per heavy atom. The Balaban J connectivity index is 1.30. The number of aromatic nitrogens is 2. The van der Waals surface area contributed by atoms with Crippen molar-refractivity contribution in [3.63, 3.8) is 0 Å². The van der Waals surface area contributed by atoms with Crippen molar-refractivity contribution in [2.75, 3.05) is 75.8 Å². The number of hydrogen-bond acceptors (Lipinski definition) is 9. The lowest BCUT2D eigenvalue weighted by molar-refractivity contribution is 0.122. The molecule has 11 heteroatoms. The predicted octanol–water partition coefficient (Wildman–Crippen LogP) is 2.93. The zero-order chi connectivity index (χ0) is 27.2. The van der Waals surface area contributed by atoms with Crippen LogP contribution >= 0.6 is 0 Å². The van der Waals surface area contributed by atoms with E-state index in [9.17, 15) is 8.42 Å². The molecular formula is C28H36N6O4S.